The first-order valence-corrected chi connectivity index (χ1v) is 5.93. The molecule has 0 amide bonds. The van der Waals surface area contributed by atoms with E-state index < -0.39 is 0 Å². The van der Waals surface area contributed by atoms with Crippen molar-refractivity contribution in [2.75, 3.05) is 20.1 Å². The number of nitriles is 1. The third-order valence-corrected chi connectivity index (χ3v) is 2.68. The second kappa shape index (κ2) is 6.90. The number of ketones is 1. The van der Waals surface area contributed by atoms with Crippen molar-refractivity contribution < 1.29 is 9.90 Å². The summed E-state index contributed by atoms with van der Waals surface area (Å²) in [5.41, 5.74) is 1.16. The normalized spacial score (nSPS) is 12.2. The third-order valence-electron chi connectivity index (χ3n) is 2.68. The smallest absolute Gasteiger partial charge is 0.176 e. The molecular formula is C14H18N2O2. The van der Waals surface area contributed by atoms with Crippen molar-refractivity contribution in [1.29, 1.82) is 5.26 Å². The molecule has 0 heterocycles. The van der Waals surface area contributed by atoms with Gasteiger partial charge in [0.25, 0.3) is 0 Å². The van der Waals surface area contributed by atoms with E-state index in [0.29, 0.717) is 30.6 Å². The molecule has 1 unspecified atom stereocenters. The highest BCUT2D eigenvalue weighted by molar-refractivity contribution is 5.97. The summed E-state index contributed by atoms with van der Waals surface area (Å²) in [4.78, 5) is 13.8. The van der Waals surface area contributed by atoms with Crippen LogP contribution in [-0.2, 0) is 0 Å². The molecule has 0 saturated heterocycles. The van der Waals surface area contributed by atoms with Gasteiger partial charge in [0.05, 0.1) is 24.3 Å². The Bertz CT molecular complexity index is 432. The minimum atomic E-state index is -0.350. The lowest BCUT2D eigenvalue weighted by atomic mass is 10.1. The van der Waals surface area contributed by atoms with Gasteiger partial charge in [0.1, 0.15) is 0 Å². The van der Waals surface area contributed by atoms with E-state index in [0.717, 1.165) is 0 Å². The van der Waals surface area contributed by atoms with E-state index in [1.807, 2.05) is 18.0 Å². The monoisotopic (exact) mass is 246 g/mol. The molecule has 0 bridgehead atoms. The predicted molar refractivity (Wildman–Crippen MR) is 69.3 cm³/mol. The van der Waals surface area contributed by atoms with Crippen molar-refractivity contribution in [1.82, 2.24) is 4.90 Å². The Balaban J connectivity index is 2.51. The minimum absolute atomic E-state index is 0.0209. The first-order valence-electron chi connectivity index (χ1n) is 5.93. The van der Waals surface area contributed by atoms with E-state index in [4.69, 9.17) is 10.4 Å². The molecule has 18 heavy (non-hydrogen) atoms. The zero-order valence-corrected chi connectivity index (χ0v) is 10.8. The Hall–Kier alpha value is -1.70. The highest BCUT2D eigenvalue weighted by atomic mass is 16.3. The fraction of sp³-hybridized carbons (Fsp3) is 0.429. The van der Waals surface area contributed by atoms with Gasteiger partial charge >= 0.3 is 0 Å². The predicted octanol–water partition coefficient (Wildman–Crippen LogP) is 1.44. The molecule has 0 saturated carbocycles. The quantitative estimate of drug-likeness (QED) is 0.771. The Morgan fingerprint density at radius 3 is 2.56 bits per heavy atom. The Morgan fingerprint density at radius 2 is 2.06 bits per heavy atom. The zero-order valence-electron chi connectivity index (χ0n) is 10.8. The van der Waals surface area contributed by atoms with Crippen LogP contribution in [0.25, 0.3) is 0 Å². The highest BCUT2D eigenvalue weighted by Crippen LogP contribution is 2.05. The summed E-state index contributed by atoms with van der Waals surface area (Å²) >= 11 is 0. The molecule has 0 aliphatic rings. The standard InChI is InChI=1S/C14H18N2O2/c1-11(17)7-8-16(2)10-14(18)13-5-3-12(9-15)4-6-13/h3-6,11,17H,7-8,10H2,1-2H3. The third kappa shape index (κ3) is 4.66. The molecule has 0 aromatic heterocycles. The molecule has 0 radical (unpaired) electrons. The van der Waals surface area contributed by atoms with Gasteiger partial charge in [-0.05, 0) is 32.5 Å². The Labute approximate surface area is 107 Å². The molecule has 1 aromatic rings. The number of hydrogen-bond donors (Lipinski definition) is 1. The van der Waals surface area contributed by atoms with E-state index >= 15 is 0 Å². The van der Waals surface area contributed by atoms with Crippen LogP contribution in [0.1, 0.15) is 29.3 Å². The van der Waals surface area contributed by atoms with Crippen molar-refractivity contribution in [3.8, 4) is 6.07 Å². The van der Waals surface area contributed by atoms with E-state index in [1.165, 1.54) is 0 Å². The van der Waals surface area contributed by atoms with Gasteiger partial charge in [-0.15, -0.1) is 0 Å². The lowest BCUT2D eigenvalue weighted by Crippen LogP contribution is -2.28. The van der Waals surface area contributed by atoms with Gasteiger partial charge in [0.15, 0.2) is 5.78 Å². The highest BCUT2D eigenvalue weighted by Gasteiger charge is 2.09. The molecule has 4 heteroatoms. The zero-order chi connectivity index (χ0) is 13.5. The summed E-state index contributed by atoms with van der Waals surface area (Å²) in [6.45, 7) is 2.73. The number of likely N-dealkylation sites (N-methyl/N-ethyl adjacent to an activating group) is 1. The van der Waals surface area contributed by atoms with Crippen LogP contribution >= 0.6 is 0 Å². The van der Waals surface area contributed by atoms with Crippen molar-refractivity contribution in [3.63, 3.8) is 0 Å². The second-order valence-electron chi connectivity index (χ2n) is 4.49. The largest absolute Gasteiger partial charge is 0.393 e. The van der Waals surface area contributed by atoms with Crippen molar-refractivity contribution >= 4 is 5.78 Å². The number of nitrogens with zero attached hydrogens (tertiary/aromatic N) is 2. The number of carbonyl (C=O) groups excluding carboxylic acids is 1. The van der Waals surface area contributed by atoms with E-state index in [2.05, 4.69) is 0 Å². The molecule has 0 spiro atoms. The van der Waals surface area contributed by atoms with E-state index in [-0.39, 0.29) is 11.9 Å². The number of aliphatic hydroxyl groups excluding tert-OH is 1. The molecular weight excluding hydrogens is 228 g/mol. The maximum absolute atomic E-state index is 11.9. The van der Waals surface area contributed by atoms with Gasteiger partial charge in [-0.1, -0.05) is 12.1 Å². The molecule has 1 atom stereocenters. The lowest BCUT2D eigenvalue weighted by molar-refractivity contribution is 0.0931. The van der Waals surface area contributed by atoms with Crippen molar-refractivity contribution in [3.05, 3.63) is 35.4 Å². The molecule has 0 fully saturated rings. The first kappa shape index (κ1) is 14.4. The number of hydrogen-bond acceptors (Lipinski definition) is 4. The SMILES string of the molecule is CC(O)CCN(C)CC(=O)c1ccc(C#N)cc1. The van der Waals surface area contributed by atoms with Crippen LogP contribution in [0, 0.1) is 11.3 Å². The molecule has 1 aromatic carbocycles. The number of aliphatic hydroxyl groups is 1. The molecule has 1 rings (SSSR count). The number of Topliss-reactive ketones (excluding diaryl/α,β-unsaturated/α-hetero) is 1. The number of benzene rings is 1. The van der Waals surface area contributed by atoms with Gasteiger partial charge in [-0.3, -0.25) is 9.69 Å². The summed E-state index contributed by atoms with van der Waals surface area (Å²) in [7, 11) is 1.85. The summed E-state index contributed by atoms with van der Waals surface area (Å²) in [5.74, 6) is 0.0209. The minimum Gasteiger partial charge on any atom is -0.393 e. The Morgan fingerprint density at radius 1 is 1.44 bits per heavy atom. The topological polar surface area (TPSA) is 64.3 Å². The Kier molecular flexibility index (Phi) is 5.50. The van der Waals surface area contributed by atoms with Crippen LogP contribution in [-0.4, -0.2) is 42.0 Å². The summed E-state index contributed by atoms with van der Waals surface area (Å²) in [6, 6.07) is 8.64. The lowest BCUT2D eigenvalue weighted by Gasteiger charge is -2.16. The summed E-state index contributed by atoms with van der Waals surface area (Å²) in [5, 5.41) is 17.8. The van der Waals surface area contributed by atoms with Gasteiger partial charge in [0.2, 0.25) is 0 Å². The van der Waals surface area contributed by atoms with Crippen LogP contribution in [0.5, 0.6) is 0 Å². The second-order valence-corrected chi connectivity index (χ2v) is 4.49. The molecule has 0 aliphatic carbocycles. The number of rotatable bonds is 6. The first-order chi connectivity index (χ1) is 8.52. The fourth-order valence-corrected chi connectivity index (χ4v) is 1.55. The van der Waals surface area contributed by atoms with Gasteiger partial charge < -0.3 is 5.11 Å². The van der Waals surface area contributed by atoms with Crippen molar-refractivity contribution in [2.45, 2.75) is 19.4 Å². The van der Waals surface area contributed by atoms with Crippen LogP contribution < -0.4 is 0 Å². The van der Waals surface area contributed by atoms with Crippen LogP contribution in [0.3, 0.4) is 0 Å². The maximum atomic E-state index is 11.9. The molecule has 4 nitrogen and oxygen atoms in total. The molecule has 0 aliphatic heterocycles. The number of carbonyl (C=O) groups is 1. The van der Waals surface area contributed by atoms with Crippen LogP contribution in [0.2, 0.25) is 0 Å². The van der Waals surface area contributed by atoms with E-state index in [9.17, 15) is 4.79 Å². The fourth-order valence-electron chi connectivity index (χ4n) is 1.55. The van der Waals surface area contributed by atoms with Gasteiger partial charge in [-0.25, -0.2) is 0 Å². The summed E-state index contributed by atoms with van der Waals surface area (Å²) < 4.78 is 0. The average Bonchev–Trinajstić information content (AvgIpc) is 2.36. The van der Waals surface area contributed by atoms with E-state index in [1.54, 1.807) is 31.2 Å². The molecule has 96 valence electrons. The summed E-state index contributed by atoms with van der Waals surface area (Å²) in [6.07, 6.45) is 0.300. The molecule has 1 N–H and O–H groups in total. The average molecular weight is 246 g/mol. The van der Waals surface area contributed by atoms with Gasteiger partial charge in [-0.2, -0.15) is 5.26 Å². The van der Waals surface area contributed by atoms with Crippen LogP contribution in [0.15, 0.2) is 24.3 Å². The van der Waals surface area contributed by atoms with Crippen LogP contribution in [0.4, 0.5) is 0 Å². The van der Waals surface area contributed by atoms with Gasteiger partial charge in [0, 0.05) is 12.1 Å². The van der Waals surface area contributed by atoms with Crippen molar-refractivity contribution in [2.24, 2.45) is 0 Å². The maximum Gasteiger partial charge on any atom is 0.176 e.